The summed E-state index contributed by atoms with van der Waals surface area (Å²) >= 11 is 4.40. The van der Waals surface area contributed by atoms with Crippen molar-refractivity contribution >= 4 is 12.2 Å². The summed E-state index contributed by atoms with van der Waals surface area (Å²) in [6, 6.07) is 0. The van der Waals surface area contributed by atoms with Crippen LogP contribution < -0.4 is 5.56 Å². The number of aromatic nitrogens is 2. The van der Waals surface area contributed by atoms with Gasteiger partial charge in [-0.15, -0.1) is 0 Å². The van der Waals surface area contributed by atoms with E-state index in [1.807, 2.05) is 4.98 Å². The summed E-state index contributed by atoms with van der Waals surface area (Å²) in [7, 11) is 0. The second-order valence-electron chi connectivity index (χ2n) is 1.98. The van der Waals surface area contributed by atoms with E-state index in [4.69, 9.17) is 0 Å². The van der Waals surface area contributed by atoms with Gasteiger partial charge < -0.3 is 4.98 Å². The van der Waals surface area contributed by atoms with E-state index in [1.54, 1.807) is 0 Å². The zero-order chi connectivity index (χ0) is 9.35. The molecule has 1 aromatic rings. The number of rotatable bonds is 0. The lowest BCUT2D eigenvalue weighted by Gasteiger charge is -2.02. The molecule has 0 amide bonds. The Kier molecular flexibility index (Phi) is 2.05. The lowest BCUT2D eigenvalue weighted by Crippen LogP contribution is -2.21. The molecule has 1 rings (SSSR count). The first-order valence-corrected chi connectivity index (χ1v) is 3.21. The molecule has 7 heteroatoms. The van der Waals surface area contributed by atoms with Gasteiger partial charge in [-0.3, -0.25) is 9.78 Å². The first kappa shape index (κ1) is 8.98. The van der Waals surface area contributed by atoms with E-state index in [0.717, 1.165) is 0 Å². The molecule has 3 nitrogen and oxygen atoms in total. The summed E-state index contributed by atoms with van der Waals surface area (Å²) in [6.45, 7) is 0. The van der Waals surface area contributed by atoms with E-state index in [9.17, 15) is 18.0 Å². The second kappa shape index (κ2) is 2.74. The molecule has 1 heterocycles. The van der Waals surface area contributed by atoms with Crippen LogP contribution in [0.25, 0.3) is 0 Å². The Balaban J connectivity index is 3.39. The van der Waals surface area contributed by atoms with E-state index in [0.29, 0.717) is 6.20 Å². The fraction of sp³-hybridized carbons (Fsp3) is 0.200. The van der Waals surface area contributed by atoms with Crippen molar-refractivity contribution in [3.63, 3.8) is 0 Å². The smallest absolute Gasteiger partial charge is 0.338 e. The molecule has 2 N–H and O–H groups in total. The number of aromatic amines is 2. The van der Waals surface area contributed by atoms with Gasteiger partial charge in [-0.05, 0) is 12.2 Å². The maximum atomic E-state index is 11.9. The van der Waals surface area contributed by atoms with Gasteiger partial charge in [-0.2, -0.15) is 13.2 Å². The lowest BCUT2D eigenvalue weighted by atomic mass is 10.3. The molecule has 12 heavy (non-hydrogen) atoms. The average Bonchev–Trinajstić information content (AvgIpc) is 1.83. The predicted octanol–water partition coefficient (Wildman–Crippen LogP) is 1.45. The van der Waals surface area contributed by atoms with E-state index in [1.165, 1.54) is 0 Å². The highest BCUT2D eigenvalue weighted by Gasteiger charge is 2.33. The molecule has 0 fully saturated rings. The van der Waals surface area contributed by atoms with Gasteiger partial charge in [0, 0.05) is 6.20 Å². The van der Waals surface area contributed by atoms with Crippen molar-refractivity contribution in [1.29, 1.82) is 0 Å². The van der Waals surface area contributed by atoms with Crippen LogP contribution in [0.1, 0.15) is 5.56 Å². The summed E-state index contributed by atoms with van der Waals surface area (Å²) in [6.07, 6.45) is -4.10. The summed E-state index contributed by atoms with van der Waals surface area (Å²) in [5, 5.41) is 0. The van der Waals surface area contributed by atoms with Gasteiger partial charge in [-0.1, -0.05) is 0 Å². The van der Waals surface area contributed by atoms with Crippen LogP contribution in [0.4, 0.5) is 13.2 Å². The first-order chi connectivity index (χ1) is 5.41. The van der Waals surface area contributed by atoms with E-state index < -0.39 is 17.3 Å². The van der Waals surface area contributed by atoms with Crippen LogP contribution in [0, 0.1) is 4.77 Å². The fourth-order valence-electron chi connectivity index (χ4n) is 0.620. The molecule has 0 aliphatic heterocycles. The number of nitrogens with one attached hydrogen (secondary N) is 2. The van der Waals surface area contributed by atoms with E-state index in [2.05, 4.69) is 17.2 Å². The zero-order valence-electron chi connectivity index (χ0n) is 5.53. The van der Waals surface area contributed by atoms with Crippen molar-refractivity contribution in [2.45, 2.75) is 6.18 Å². The van der Waals surface area contributed by atoms with Crippen molar-refractivity contribution in [3.05, 3.63) is 26.9 Å². The minimum absolute atomic E-state index is 0.131. The molecule has 0 saturated heterocycles. The molecule has 0 aliphatic carbocycles. The van der Waals surface area contributed by atoms with Crippen LogP contribution in [-0.4, -0.2) is 9.97 Å². The van der Waals surface area contributed by atoms with Gasteiger partial charge in [0.05, 0.1) is 0 Å². The number of hydrogen-bond acceptors (Lipinski definition) is 2. The van der Waals surface area contributed by atoms with Crippen molar-refractivity contribution in [2.75, 3.05) is 0 Å². The largest absolute Gasteiger partial charge is 0.423 e. The highest BCUT2D eigenvalue weighted by Crippen LogP contribution is 2.25. The normalized spacial score (nSPS) is 11.6. The van der Waals surface area contributed by atoms with Crippen LogP contribution in [-0.2, 0) is 6.18 Å². The number of H-pyrrole nitrogens is 2. The zero-order valence-corrected chi connectivity index (χ0v) is 6.34. The Morgan fingerprint density at radius 1 is 1.42 bits per heavy atom. The summed E-state index contributed by atoms with van der Waals surface area (Å²) < 4.78 is 35.6. The highest BCUT2D eigenvalue weighted by molar-refractivity contribution is 7.71. The number of halogens is 3. The Labute approximate surface area is 69.3 Å². The minimum Gasteiger partial charge on any atom is -0.338 e. The van der Waals surface area contributed by atoms with E-state index >= 15 is 0 Å². The third kappa shape index (κ3) is 1.73. The Morgan fingerprint density at radius 3 is 2.42 bits per heavy atom. The quantitative estimate of drug-likeness (QED) is 0.617. The molecule has 1 aromatic heterocycles. The van der Waals surface area contributed by atoms with Crippen molar-refractivity contribution < 1.29 is 13.2 Å². The molecule has 0 bridgehead atoms. The van der Waals surface area contributed by atoms with Gasteiger partial charge in [0.25, 0.3) is 5.56 Å². The summed E-state index contributed by atoms with van der Waals surface area (Å²) in [5.74, 6) is 0. The van der Waals surface area contributed by atoms with Gasteiger partial charge in [0.2, 0.25) is 0 Å². The molecule has 0 aromatic carbocycles. The molecule has 0 radical (unpaired) electrons. The van der Waals surface area contributed by atoms with Gasteiger partial charge >= 0.3 is 6.18 Å². The van der Waals surface area contributed by atoms with Gasteiger partial charge in [-0.25, -0.2) is 0 Å². The van der Waals surface area contributed by atoms with Crippen molar-refractivity contribution in [1.82, 2.24) is 9.97 Å². The number of alkyl halides is 3. The van der Waals surface area contributed by atoms with Gasteiger partial charge in [0.1, 0.15) is 5.56 Å². The Bertz CT molecular complexity index is 391. The molecule has 0 atom stereocenters. The first-order valence-electron chi connectivity index (χ1n) is 2.80. The average molecular weight is 196 g/mol. The second-order valence-corrected chi connectivity index (χ2v) is 2.39. The predicted molar refractivity (Wildman–Crippen MR) is 37.2 cm³/mol. The summed E-state index contributed by atoms with van der Waals surface area (Å²) in [5.41, 5.74) is -2.51. The van der Waals surface area contributed by atoms with Crippen LogP contribution in [0.2, 0.25) is 0 Å². The molecule has 0 saturated carbocycles. The van der Waals surface area contributed by atoms with Crippen molar-refractivity contribution in [3.8, 4) is 0 Å². The highest BCUT2D eigenvalue weighted by atomic mass is 32.1. The van der Waals surface area contributed by atoms with Crippen LogP contribution in [0.3, 0.4) is 0 Å². The number of hydrogen-bond donors (Lipinski definition) is 2. The molecular formula is C5H3F3N2OS. The molecule has 0 spiro atoms. The Morgan fingerprint density at radius 2 is 2.00 bits per heavy atom. The third-order valence-electron chi connectivity index (χ3n) is 1.12. The molecule has 0 unspecified atom stereocenters. The topological polar surface area (TPSA) is 48.6 Å². The van der Waals surface area contributed by atoms with Gasteiger partial charge in [0.15, 0.2) is 4.77 Å². The maximum Gasteiger partial charge on any atom is 0.423 e. The monoisotopic (exact) mass is 196 g/mol. The SMILES string of the molecule is O=c1[nH]c(=S)[nH]cc1C(F)(F)F. The van der Waals surface area contributed by atoms with Crippen LogP contribution >= 0.6 is 12.2 Å². The minimum atomic E-state index is -4.65. The third-order valence-corrected chi connectivity index (χ3v) is 1.34. The standard InChI is InChI=1S/C5H3F3N2OS/c6-5(7,8)2-1-9-4(12)10-3(2)11/h1H,(H2,9,10,11,12). The van der Waals surface area contributed by atoms with E-state index in [-0.39, 0.29) is 4.77 Å². The molecule has 66 valence electrons. The Hall–Kier alpha value is -1.11. The lowest BCUT2D eigenvalue weighted by molar-refractivity contribution is -0.139. The van der Waals surface area contributed by atoms with Crippen LogP contribution in [0.5, 0.6) is 0 Å². The van der Waals surface area contributed by atoms with Crippen LogP contribution in [0.15, 0.2) is 11.0 Å². The van der Waals surface area contributed by atoms with Crippen molar-refractivity contribution in [2.24, 2.45) is 0 Å². The molecule has 0 aliphatic rings. The fourth-order valence-corrected chi connectivity index (χ4v) is 0.772. The maximum absolute atomic E-state index is 11.9. The molecular weight excluding hydrogens is 193 g/mol. The summed E-state index contributed by atoms with van der Waals surface area (Å²) in [4.78, 5) is 14.5.